The number of fused-ring (bicyclic) bond motifs is 1. The van der Waals surface area contributed by atoms with Crippen LogP contribution in [-0.2, 0) is 21.4 Å². The highest BCUT2D eigenvalue weighted by Crippen LogP contribution is 2.27. The van der Waals surface area contributed by atoms with Gasteiger partial charge in [-0.2, -0.15) is 0 Å². The first-order chi connectivity index (χ1) is 7.95. The molecule has 92 valence electrons. The smallest absolute Gasteiger partial charge is 0.325 e. The number of sulfonamides is 1. The van der Waals surface area contributed by atoms with Crippen LogP contribution in [0.5, 0.6) is 0 Å². The van der Waals surface area contributed by atoms with Gasteiger partial charge in [0.15, 0.2) is 0 Å². The Kier molecular flexibility index (Phi) is 2.90. The number of nitrogens with one attached hydrogen (secondary N) is 2. The average molecular weight is 256 g/mol. The van der Waals surface area contributed by atoms with E-state index in [9.17, 15) is 13.2 Å². The summed E-state index contributed by atoms with van der Waals surface area (Å²) >= 11 is 0. The Balaban J connectivity index is 2.45. The summed E-state index contributed by atoms with van der Waals surface area (Å²) in [6, 6.07) is 3.69. The lowest BCUT2D eigenvalue weighted by Crippen LogP contribution is -2.21. The van der Waals surface area contributed by atoms with Crippen LogP contribution < -0.4 is 10.0 Å². The molecule has 0 saturated carbocycles. The van der Waals surface area contributed by atoms with Crippen LogP contribution in [0, 0.1) is 0 Å². The summed E-state index contributed by atoms with van der Waals surface area (Å²) in [6.07, 6.45) is 0. The normalized spacial score (nSPS) is 19.0. The van der Waals surface area contributed by atoms with E-state index in [1.165, 1.54) is 19.2 Å². The topological polar surface area (TPSA) is 95.5 Å². The molecule has 0 aliphatic carbocycles. The van der Waals surface area contributed by atoms with Gasteiger partial charge in [-0.25, -0.2) is 13.1 Å². The van der Waals surface area contributed by atoms with E-state index in [0.29, 0.717) is 17.7 Å². The lowest BCUT2D eigenvalue weighted by atomic mass is 10.1. The number of carboxylic acid groups (broad SMARTS) is 1. The summed E-state index contributed by atoms with van der Waals surface area (Å²) in [4.78, 5) is 11.1. The molecule has 0 bridgehead atoms. The molecule has 6 nitrogen and oxygen atoms in total. The van der Waals surface area contributed by atoms with E-state index in [4.69, 9.17) is 5.11 Å². The van der Waals surface area contributed by atoms with E-state index in [1.807, 2.05) is 0 Å². The quantitative estimate of drug-likeness (QED) is 0.697. The summed E-state index contributed by atoms with van der Waals surface area (Å²) in [5.41, 5.74) is 1.32. The Morgan fingerprint density at radius 2 is 2.24 bits per heavy atom. The highest BCUT2D eigenvalue weighted by atomic mass is 32.2. The number of rotatable bonds is 3. The van der Waals surface area contributed by atoms with E-state index in [2.05, 4.69) is 10.0 Å². The predicted octanol–water partition coefficient (Wildman–Crippen LogP) is -0.176. The molecule has 1 heterocycles. The fourth-order valence-electron chi connectivity index (χ4n) is 1.84. The van der Waals surface area contributed by atoms with Crippen LogP contribution in [0.25, 0.3) is 0 Å². The van der Waals surface area contributed by atoms with Crippen molar-refractivity contribution in [1.82, 2.24) is 10.0 Å². The number of hydrogen-bond donors (Lipinski definition) is 3. The maximum absolute atomic E-state index is 11.6. The maximum atomic E-state index is 11.6. The van der Waals surface area contributed by atoms with Gasteiger partial charge in [0, 0.05) is 6.54 Å². The molecule has 17 heavy (non-hydrogen) atoms. The first kappa shape index (κ1) is 12.0. The summed E-state index contributed by atoms with van der Waals surface area (Å²) < 4.78 is 25.4. The molecule has 1 aliphatic heterocycles. The van der Waals surface area contributed by atoms with Gasteiger partial charge in [-0.3, -0.25) is 10.1 Å². The molecule has 1 unspecified atom stereocenters. The predicted molar refractivity (Wildman–Crippen MR) is 59.9 cm³/mol. The molecular weight excluding hydrogens is 244 g/mol. The van der Waals surface area contributed by atoms with Crippen LogP contribution in [0.1, 0.15) is 17.2 Å². The molecule has 3 N–H and O–H groups in total. The number of carboxylic acids is 1. The minimum absolute atomic E-state index is 0.145. The second kappa shape index (κ2) is 4.10. The van der Waals surface area contributed by atoms with E-state index in [-0.39, 0.29) is 4.90 Å². The van der Waals surface area contributed by atoms with Gasteiger partial charge in [0.1, 0.15) is 6.04 Å². The molecular formula is C10H12N2O4S. The van der Waals surface area contributed by atoms with Gasteiger partial charge in [0.05, 0.1) is 4.90 Å². The first-order valence-electron chi connectivity index (χ1n) is 4.98. The highest BCUT2D eigenvalue weighted by Gasteiger charge is 2.28. The molecule has 0 radical (unpaired) electrons. The molecule has 0 aromatic heterocycles. The largest absolute Gasteiger partial charge is 0.480 e. The van der Waals surface area contributed by atoms with Crippen LogP contribution in [-0.4, -0.2) is 26.5 Å². The molecule has 1 atom stereocenters. The van der Waals surface area contributed by atoms with Crippen molar-refractivity contribution in [3.63, 3.8) is 0 Å². The van der Waals surface area contributed by atoms with Gasteiger partial charge in [-0.15, -0.1) is 0 Å². The van der Waals surface area contributed by atoms with Crippen molar-refractivity contribution >= 4 is 16.0 Å². The van der Waals surface area contributed by atoms with Crippen molar-refractivity contribution in [2.75, 3.05) is 7.05 Å². The number of aliphatic carboxylic acids is 1. The van der Waals surface area contributed by atoms with Crippen LogP contribution in [0.15, 0.2) is 23.1 Å². The third-order valence-corrected chi connectivity index (χ3v) is 4.16. The van der Waals surface area contributed by atoms with E-state index in [0.717, 1.165) is 0 Å². The van der Waals surface area contributed by atoms with E-state index in [1.54, 1.807) is 6.07 Å². The molecule has 0 spiro atoms. The summed E-state index contributed by atoms with van der Waals surface area (Å²) in [7, 11) is -2.15. The molecule has 2 rings (SSSR count). The minimum atomic E-state index is -3.48. The number of hydrogen-bond acceptors (Lipinski definition) is 4. The lowest BCUT2D eigenvalue weighted by molar-refractivity contribution is -0.139. The zero-order valence-electron chi connectivity index (χ0n) is 9.10. The fourth-order valence-corrected chi connectivity index (χ4v) is 2.62. The first-order valence-corrected chi connectivity index (χ1v) is 6.46. The van der Waals surface area contributed by atoms with Crippen molar-refractivity contribution in [1.29, 1.82) is 0 Å². The Morgan fingerprint density at radius 3 is 2.82 bits per heavy atom. The van der Waals surface area contributed by atoms with Gasteiger partial charge >= 0.3 is 5.97 Å². The molecule has 1 aromatic carbocycles. The molecule has 0 saturated heterocycles. The Hall–Kier alpha value is -1.44. The number of benzene rings is 1. The van der Waals surface area contributed by atoms with Crippen molar-refractivity contribution in [3.05, 3.63) is 29.3 Å². The lowest BCUT2D eigenvalue weighted by Gasteiger charge is -2.07. The SMILES string of the molecule is CNS(=O)(=O)c1ccc2c(c1)CNC2C(=O)O. The van der Waals surface area contributed by atoms with Crippen LogP contribution >= 0.6 is 0 Å². The average Bonchev–Trinajstić information content (AvgIpc) is 2.71. The molecule has 7 heteroatoms. The van der Waals surface area contributed by atoms with Crippen LogP contribution in [0.4, 0.5) is 0 Å². The summed E-state index contributed by atoms with van der Waals surface area (Å²) in [6.45, 7) is 0.360. The summed E-state index contributed by atoms with van der Waals surface area (Å²) in [5.74, 6) is -0.965. The van der Waals surface area contributed by atoms with E-state index < -0.39 is 22.0 Å². The maximum Gasteiger partial charge on any atom is 0.325 e. The second-order valence-corrected chi connectivity index (χ2v) is 5.61. The standard InChI is InChI=1S/C10H12N2O4S/c1-11-17(15,16)7-2-3-8-6(4-7)5-12-9(8)10(13)14/h2-4,9,11-12H,5H2,1H3,(H,13,14). The number of carbonyl (C=O) groups is 1. The third kappa shape index (κ3) is 2.04. The van der Waals surface area contributed by atoms with Gasteiger partial charge in [-0.05, 0) is 30.3 Å². The van der Waals surface area contributed by atoms with Crippen LogP contribution in [0.3, 0.4) is 0 Å². The summed E-state index contributed by atoms with van der Waals surface area (Å²) in [5, 5.41) is 11.7. The molecule has 1 aromatic rings. The van der Waals surface area contributed by atoms with Crippen molar-refractivity contribution in [2.45, 2.75) is 17.5 Å². The molecule has 0 amide bonds. The molecule has 0 fully saturated rings. The fraction of sp³-hybridized carbons (Fsp3) is 0.300. The van der Waals surface area contributed by atoms with Crippen molar-refractivity contribution in [2.24, 2.45) is 0 Å². The minimum Gasteiger partial charge on any atom is -0.480 e. The Morgan fingerprint density at radius 1 is 1.53 bits per heavy atom. The van der Waals surface area contributed by atoms with Crippen LogP contribution in [0.2, 0.25) is 0 Å². The van der Waals surface area contributed by atoms with Gasteiger partial charge < -0.3 is 5.11 Å². The van der Waals surface area contributed by atoms with E-state index >= 15 is 0 Å². The molecule has 1 aliphatic rings. The monoisotopic (exact) mass is 256 g/mol. The van der Waals surface area contributed by atoms with Gasteiger partial charge in [-0.1, -0.05) is 6.07 Å². The van der Waals surface area contributed by atoms with Gasteiger partial charge in [0.2, 0.25) is 10.0 Å². The van der Waals surface area contributed by atoms with Crippen molar-refractivity contribution < 1.29 is 18.3 Å². The second-order valence-electron chi connectivity index (χ2n) is 3.72. The zero-order valence-corrected chi connectivity index (χ0v) is 9.91. The van der Waals surface area contributed by atoms with Gasteiger partial charge in [0.25, 0.3) is 0 Å². The Bertz CT molecular complexity index is 568. The van der Waals surface area contributed by atoms with Crippen molar-refractivity contribution in [3.8, 4) is 0 Å². The third-order valence-electron chi connectivity index (χ3n) is 2.75. The Labute approximate surface area is 98.7 Å². The highest BCUT2D eigenvalue weighted by molar-refractivity contribution is 7.89. The zero-order chi connectivity index (χ0) is 12.6.